The molecule has 5 nitrogen and oxygen atoms in total. The molecule has 148 valence electrons. The van der Waals surface area contributed by atoms with E-state index in [0.717, 1.165) is 21.0 Å². The third-order valence-corrected chi connectivity index (χ3v) is 5.75. The smallest absolute Gasteiger partial charge is 0.164 e. The minimum Gasteiger partial charge on any atom is -0.496 e. The summed E-state index contributed by atoms with van der Waals surface area (Å²) in [7, 11) is 4.84. The van der Waals surface area contributed by atoms with Crippen molar-refractivity contribution in [3.05, 3.63) is 57.1 Å². The molecule has 0 saturated heterocycles. The largest absolute Gasteiger partial charge is 0.496 e. The Bertz CT molecular complexity index is 963. The molecular weight excluding hydrogens is 419 g/mol. The van der Waals surface area contributed by atoms with Crippen LogP contribution in [0.15, 0.2) is 36.5 Å². The van der Waals surface area contributed by atoms with Crippen LogP contribution in [0.4, 0.5) is 0 Å². The van der Waals surface area contributed by atoms with Gasteiger partial charge in [0.1, 0.15) is 10.8 Å². The number of hydrogen-bond acceptors (Lipinski definition) is 6. The lowest BCUT2D eigenvalue weighted by Gasteiger charge is -2.13. The molecule has 0 amide bonds. The lowest BCUT2D eigenvalue weighted by Crippen LogP contribution is -2.12. The molecule has 0 aliphatic carbocycles. The van der Waals surface area contributed by atoms with Crippen molar-refractivity contribution in [2.45, 2.75) is 13.1 Å². The van der Waals surface area contributed by atoms with Gasteiger partial charge in [0.05, 0.1) is 26.2 Å². The first-order chi connectivity index (χ1) is 13.5. The van der Waals surface area contributed by atoms with Gasteiger partial charge >= 0.3 is 0 Å². The fourth-order valence-corrected chi connectivity index (χ4v) is 4.09. The van der Waals surface area contributed by atoms with Crippen LogP contribution >= 0.6 is 34.5 Å². The Balaban J connectivity index is 1.73. The Morgan fingerprint density at radius 1 is 0.929 bits per heavy atom. The maximum atomic E-state index is 6.21. The zero-order valence-electron chi connectivity index (χ0n) is 15.7. The monoisotopic (exact) mass is 438 g/mol. The second-order valence-electron chi connectivity index (χ2n) is 5.87. The SMILES string of the molecule is COc1cc(OC)c(-c2cnc(CNCc3ccc(Cl)cc3Cl)s2)cc1OC. The van der Waals surface area contributed by atoms with Crippen LogP contribution in [0.1, 0.15) is 10.6 Å². The van der Waals surface area contributed by atoms with E-state index in [2.05, 4.69) is 10.3 Å². The molecular formula is C20H20Cl2N2O3S. The predicted octanol–water partition coefficient (Wildman–Crippen LogP) is 5.43. The van der Waals surface area contributed by atoms with E-state index in [1.807, 2.05) is 30.5 Å². The van der Waals surface area contributed by atoms with Gasteiger partial charge < -0.3 is 19.5 Å². The Hall–Kier alpha value is -1.99. The van der Waals surface area contributed by atoms with Crippen molar-refractivity contribution in [2.24, 2.45) is 0 Å². The highest BCUT2D eigenvalue weighted by molar-refractivity contribution is 7.15. The van der Waals surface area contributed by atoms with Crippen molar-refractivity contribution in [2.75, 3.05) is 21.3 Å². The second kappa shape index (κ2) is 9.47. The van der Waals surface area contributed by atoms with Crippen LogP contribution < -0.4 is 19.5 Å². The summed E-state index contributed by atoms with van der Waals surface area (Å²) in [5.41, 5.74) is 1.90. The average Bonchev–Trinajstić information content (AvgIpc) is 3.17. The molecule has 0 fully saturated rings. The summed E-state index contributed by atoms with van der Waals surface area (Å²) in [6, 6.07) is 9.20. The quantitative estimate of drug-likeness (QED) is 0.507. The highest BCUT2D eigenvalue weighted by Gasteiger charge is 2.15. The molecule has 1 N–H and O–H groups in total. The number of methoxy groups -OCH3 is 3. The number of ether oxygens (including phenoxy) is 3. The topological polar surface area (TPSA) is 52.6 Å². The highest BCUT2D eigenvalue weighted by Crippen LogP contribution is 2.41. The van der Waals surface area contributed by atoms with E-state index in [0.29, 0.717) is 40.4 Å². The minimum atomic E-state index is 0.620. The van der Waals surface area contributed by atoms with Crippen LogP contribution in [0.25, 0.3) is 10.4 Å². The summed E-state index contributed by atoms with van der Waals surface area (Å²) in [6.45, 7) is 1.25. The third-order valence-electron chi connectivity index (χ3n) is 4.13. The maximum absolute atomic E-state index is 6.21. The Morgan fingerprint density at radius 3 is 2.32 bits per heavy atom. The lowest BCUT2D eigenvalue weighted by atomic mass is 10.1. The number of benzene rings is 2. The van der Waals surface area contributed by atoms with Gasteiger partial charge in [-0.15, -0.1) is 11.3 Å². The van der Waals surface area contributed by atoms with Gasteiger partial charge in [-0.3, -0.25) is 0 Å². The Kier molecular flexibility index (Phi) is 7.02. The number of nitrogens with zero attached hydrogens (tertiary/aromatic N) is 1. The van der Waals surface area contributed by atoms with Crippen LogP contribution in [0.2, 0.25) is 10.0 Å². The molecule has 3 aromatic rings. The molecule has 0 spiro atoms. The summed E-state index contributed by atoms with van der Waals surface area (Å²) in [6.07, 6.45) is 1.83. The van der Waals surface area contributed by atoms with Crippen LogP contribution in [0.3, 0.4) is 0 Å². The fourth-order valence-electron chi connectivity index (χ4n) is 2.71. The van der Waals surface area contributed by atoms with E-state index in [-0.39, 0.29) is 0 Å². The summed E-state index contributed by atoms with van der Waals surface area (Å²) in [5.74, 6) is 1.96. The highest BCUT2D eigenvalue weighted by atomic mass is 35.5. The average molecular weight is 439 g/mol. The van der Waals surface area contributed by atoms with Crippen molar-refractivity contribution >= 4 is 34.5 Å². The van der Waals surface area contributed by atoms with Gasteiger partial charge in [-0.05, 0) is 23.8 Å². The summed E-state index contributed by atoms with van der Waals surface area (Å²) >= 11 is 13.7. The molecule has 28 heavy (non-hydrogen) atoms. The molecule has 0 radical (unpaired) electrons. The van der Waals surface area contributed by atoms with E-state index < -0.39 is 0 Å². The number of hydrogen-bond donors (Lipinski definition) is 1. The fraction of sp³-hybridized carbons (Fsp3) is 0.250. The van der Waals surface area contributed by atoms with Gasteiger partial charge in [0.25, 0.3) is 0 Å². The molecule has 0 bridgehead atoms. The van der Waals surface area contributed by atoms with Crippen LogP contribution in [-0.4, -0.2) is 26.3 Å². The molecule has 0 aliphatic rings. The van der Waals surface area contributed by atoms with E-state index >= 15 is 0 Å². The van der Waals surface area contributed by atoms with Crippen molar-refractivity contribution in [3.8, 4) is 27.7 Å². The van der Waals surface area contributed by atoms with Gasteiger partial charge in [0.15, 0.2) is 11.5 Å². The first-order valence-electron chi connectivity index (χ1n) is 8.45. The standard InChI is InChI=1S/C20H20Cl2N2O3S/c1-25-16-8-18(27-3)17(26-2)7-14(16)19-10-24-20(28-19)11-23-9-12-4-5-13(21)6-15(12)22/h4-8,10,23H,9,11H2,1-3H3. The second-order valence-corrected chi connectivity index (χ2v) is 7.82. The summed E-state index contributed by atoms with van der Waals surface area (Å²) < 4.78 is 16.3. The molecule has 1 aromatic heterocycles. The zero-order chi connectivity index (χ0) is 20.1. The number of thiazole rings is 1. The number of aromatic nitrogens is 1. The third kappa shape index (κ3) is 4.70. The van der Waals surface area contributed by atoms with Crippen molar-refractivity contribution in [1.82, 2.24) is 10.3 Å². The molecule has 1 heterocycles. The van der Waals surface area contributed by atoms with Crippen molar-refractivity contribution < 1.29 is 14.2 Å². The van der Waals surface area contributed by atoms with E-state index in [9.17, 15) is 0 Å². The molecule has 0 unspecified atom stereocenters. The maximum Gasteiger partial charge on any atom is 0.164 e. The first-order valence-corrected chi connectivity index (χ1v) is 10.0. The van der Waals surface area contributed by atoms with E-state index in [1.165, 1.54) is 0 Å². The molecule has 0 aliphatic heterocycles. The number of rotatable bonds is 8. The molecule has 0 saturated carbocycles. The van der Waals surface area contributed by atoms with Crippen molar-refractivity contribution in [1.29, 1.82) is 0 Å². The number of halogens is 2. The molecule has 0 atom stereocenters. The van der Waals surface area contributed by atoms with Gasteiger partial charge in [-0.25, -0.2) is 4.98 Å². The lowest BCUT2D eigenvalue weighted by molar-refractivity contribution is 0.349. The minimum absolute atomic E-state index is 0.620. The molecule has 8 heteroatoms. The molecule has 2 aromatic carbocycles. The predicted molar refractivity (Wildman–Crippen MR) is 114 cm³/mol. The van der Waals surface area contributed by atoms with Gasteiger partial charge in [0.2, 0.25) is 0 Å². The van der Waals surface area contributed by atoms with Gasteiger partial charge in [-0.1, -0.05) is 29.3 Å². The first kappa shape index (κ1) is 20.7. The van der Waals surface area contributed by atoms with Crippen LogP contribution in [0.5, 0.6) is 17.2 Å². The summed E-state index contributed by atoms with van der Waals surface area (Å²) in [5, 5.41) is 5.59. The Labute approximate surface area is 178 Å². The van der Waals surface area contributed by atoms with Gasteiger partial charge in [-0.2, -0.15) is 0 Å². The van der Waals surface area contributed by atoms with Gasteiger partial charge in [0, 0.05) is 41.0 Å². The van der Waals surface area contributed by atoms with Crippen LogP contribution in [0, 0.1) is 0 Å². The normalized spacial score (nSPS) is 10.8. The Morgan fingerprint density at radius 2 is 1.64 bits per heavy atom. The zero-order valence-corrected chi connectivity index (χ0v) is 18.0. The van der Waals surface area contributed by atoms with E-state index in [1.54, 1.807) is 38.7 Å². The van der Waals surface area contributed by atoms with Crippen LogP contribution in [-0.2, 0) is 13.1 Å². The number of nitrogens with one attached hydrogen (secondary N) is 1. The summed E-state index contributed by atoms with van der Waals surface area (Å²) in [4.78, 5) is 5.49. The molecule has 3 rings (SSSR count). The van der Waals surface area contributed by atoms with Crippen molar-refractivity contribution in [3.63, 3.8) is 0 Å². The van der Waals surface area contributed by atoms with E-state index in [4.69, 9.17) is 37.4 Å².